The van der Waals surface area contributed by atoms with Crippen LogP contribution >= 0.6 is 0 Å². The maximum atomic E-state index is 12.7. The van der Waals surface area contributed by atoms with Gasteiger partial charge in [0.25, 0.3) is 5.91 Å². The van der Waals surface area contributed by atoms with Crippen molar-refractivity contribution in [3.05, 3.63) is 29.3 Å². The number of nitrogens with one attached hydrogen (secondary N) is 2. The fraction of sp³-hybridized carbons (Fsp3) is 0.600. The van der Waals surface area contributed by atoms with E-state index in [9.17, 15) is 19.8 Å². The van der Waals surface area contributed by atoms with Crippen LogP contribution in [0.15, 0.2) is 18.2 Å². The van der Waals surface area contributed by atoms with Crippen molar-refractivity contribution in [1.29, 1.82) is 0 Å². The van der Waals surface area contributed by atoms with Crippen molar-refractivity contribution < 1.29 is 24.5 Å². The van der Waals surface area contributed by atoms with Gasteiger partial charge in [0.1, 0.15) is 11.3 Å². The molecule has 5 rings (SSSR count). The Morgan fingerprint density at radius 3 is 2.71 bits per heavy atom. The zero-order valence-corrected chi connectivity index (χ0v) is 16.0. The van der Waals surface area contributed by atoms with E-state index in [0.717, 1.165) is 11.1 Å². The highest BCUT2D eigenvalue weighted by atomic mass is 16.5. The van der Waals surface area contributed by atoms with Crippen LogP contribution in [0, 0.1) is 0 Å². The molecule has 2 heterocycles. The van der Waals surface area contributed by atoms with E-state index in [0.29, 0.717) is 38.0 Å². The highest BCUT2D eigenvalue weighted by Crippen LogP contribution is 2.62. The molecule has 1 aromatic carbocycles. The largest absolute Gasteiger partial charge is 0.497 e. The van der Waals surface area contributed by atoms with E-state index in [1.807, 2.05) is 24.1 Å². The minimum atomic E-state index is -1.21. The standard InChI is InChI=1S/C20H25N3O5/c1-23-8-7-18-10-19(16(25)21-17(26)22-19)5-6-20(18,27)15(23)14(24)12-4-3-11(28-2)9-13(12)18/h3-4,9,14-15,24,27H,5-8,10H2,1-2H3,(H2,21,22,25,26)/t14-,15-,18?,19+,20-/m1/s1. The molecule has 3 amide bonds. The fourth-order valence-electron chi connectivity index (χ4n) is 6.31. The van der Waals surface area contributed by atoms with Crippen molar-refractivity contribution in [2.24, 2.45) is 0 Å². The number of nitrogens with zero attached hydrogens (tertiary/aromatic N) is 1. The topological polar surface area (TPSA) is 111 Å². The molecule has 5 atom stereocenters. The van der Waals surface area contributed by atoms with Crippen molar-refractivity contribution in [3.63, 3.8) is 0 Å². The third-order valence-electron chi connectivity index (χ3n) is 7.63. The monoisotopic (exact) mass is 387 g/mol. The first-order valence-electron chi connectivity index (χ1n) is 9.69. The van der Waals surface area contributed by atoms with Gasteiger partial charge in [-0.2, -0.15) is 0 Å². The van der Waals surface area contributed by atoms with Gasteiger partial charge in [-0.3, -0.25) is 15.0 Å². The number of methoxy groups -OCH3 is 1. The summed E-state index contributed by atoms with van der Waals surface area (Å²) < 4.78 is 5.42. The molecule has 2 saturated heterocycles. The number of carbonyl (C=O) groups is 2. The molecule has 4 N–H and O–H groups in total. The average molecular weight is 387 g/mol. The average Bonchev–Trinajstić information content (AvgIpc) is 2.94. The molecule has 1 spiro atoms. The normalized spacial score (nSPS) is 41.9. The lowest BCUT2D eigenvalue weighted by Crippen LogP contribution is -2.76. The third-order valence-corrected chi connectivity index (χ3v) is 7.63. The minimum absolute atomic E-state index is 0.297. The molecule has 0 radical (unpaired) electrons. The van der Waals surface area contributed by atoms with Gasteiger partial charge in [0.05, 0.1) is 24.9 Å². The van der Waals surface area contributed by atoms with Gasteiger partial charge in [-0.05, 0) is 62.5 Å². The number of urea groups is 1. The summed E-state index contributed by atoms with van der Waals surface area (Å²) in [5, 5.41) is 28.4. The molecule has 2 bridgehead atoms. The van der Waals surface area contributed by atoms with Crippen LogP contribution in [-0.4, -0.2) is 64.9 Å². The fourth-order valence-corrected chi connectivity index (χ4v) is 6.31. The molecule has 1 aromatic rings. The van der Waals surface area contributed by atoms with Gasteiger partial charge in [0.15, 0.2) is 0 Å². The number of ether oxygens (including phenoxy) is 1. The Balaban J connectivity index is 1.74. The van der Waals surface area contributed by atoms with Crippen LogP contribution in [0.1, 0.15) is 42.9 Å². The summed E-state index contributed by atoms with van der Waals surface area (Å²) >= 11 is 0. The number of hydrogen-bond donors (Lipinski definition) is 4. The summed E-state index contributed by atoms with van der Waals surface area (Å²) in [5.41, 5.74) is -1.44. The van der Waals surface area contributed by atoms with Gasteiger partial charge in [-0.25, -0.2) is 4.79 Å². The number of likely N-dealkylation sites (tertiary alicyclic amines) is 1. The van der Waals surface area contributed by atoms with Crippen molar-refractivity contribution in [1.82, 2.24) is 15.5 Å². The molecule has 150 valence electrons. The molecule has 4 aliphatic rings. The first kappa shape index (κ1) is 17.9. The van der Waals surface area contributed by atoms with Crippen LogP contribution in [0.5, 0.6) is 5.75 Å². The maximum Gasteiger partial charge on any atom is 0.322 e. The molecule has 1 unspecified atom stereocenters. The van der Waals surface area contributed by atoms with Gasteiger partial charge in [0.2, 0.25) is 0 Å². The summed E-state index contributed by atoms with van der Waals surface area (Å²) in [6.07, 6.45) is 0.715. The zero-order valence-electron chi connectivity index (χ0n) is 16.0. The number of hydrogen-bond acceptors (Lipinski definition) is 6. The number of carbonyl (C=O) groups excluding carboxylic acids is 2. The first-order chi connectivity index (χ1) is 13.3. The third kappa shape index (κ3) is 1.95. The maximum absolute atomic E-state index is 12.7. The Hall–Kier alpha value is -2.16. The van der Waals surface area contributed by atoms with Crippen LogP contribution in [0.3, 0.4) is 0 Å². The van der Waals surface area contributed by atoms with Crippen LogP contribution in [0.4, 0.5) is 4.79 Å². The van der Waals surface area contributed by atoms with E-state index < -0.39 is 34.7 Å². The summed E-state index contributed by atoms with van der Waals surface area (Å²) in [4.78, 5) is 26.6. The van der Waals surface area contributed by atoms with Crippen molar-refractivity contribution in [2.75, 3.05) is 20.7 Å². The summed E-state index contributed by atoms with van der Waals surface area (Å²) in [6.45, 7) is 0.673. The molecule has 3 fully saturated rings. The van der Waals surface area contributed by atoms with E-state index in [2.05, 4.69) is 10.6 Å². The lowest BCUT2D eigenvalue weighted by molar-refractivity contribution is -0.202. The molecule has 2 aliphatic heterocycles. The number of rotatable bonds is 1. The molecule has 2 aliphatic carbocycles. The Morgan fingerprint density at radius 2 is 2.04 bits per heavy atom. The minimum Gasteiger partial charge on any atom is -0.497 e. The number of imide groups is 1. The predicted octanol–water partition coefficient (Wildman–Crippen LogP) is 0.177. The van der Waals surface area contributed by atoms with Crippen LogP contribution in [-0.2, 0) is 10.2 Å². The molecule has 28 heavy (non-hydrogen) atoms. The SMILES string of the molecule is COc1ccc2c(c1)C13CCN(C)[C@H]([C@@H]2O)[C@]1(O)CC[C@@]1(C3)NC(=O)NC1=O. The van der Waals surface area contributed by atoms with Crippen molar-refractivity contribution in [3.8, 4) is 5.75 Å². The van der Waals surface area contributed by atoms with E-state index in [1.54, 1.807) is 13.2 Å². The van der Waals surface area contributed by atoms with Gasteiger partial charge in [0, 0.05) is 5.41 Å². The Kier molecular flexibility index (Phi) is 3.49. The zero-order chi connectivity index (χ0) is 19.9. The number of aliphatic hydroxyl groups excluding tert-OH is 1. The van der Waals surface area contributed by atoms with Crippen LogP contribution in [0.2, 0.25) is 0 Å². The lowest BCUT2D eigenvalue weighted by atomic mass is 9.46. The van der Waals surface area contributed by atoms with Crippen molar-refractivity contribution in [2.45, 2.75) is 54.4 Å². The van der Waals surface area contributed by atoms with E-state index in [4.69, 9.17) is 4.74 Å². The smallest absolute Gasteiger partial charge is 0.322 e. The second-order valence-electron chi connectivity index (χ2n) is 8.75. The Morgan fingerprint density at radius 1 is 1.25 bits per heavy atom. The van der Waals surface area contributed by atoms with Crippen molar-refractivity contribution >= 4 is 11.9 Å². The molecule has 1 saturated carbocycles. The number of benzene rings is 1. The Bertz CT molecular complexity index is 891. The number of likely N-dealkylation sites (N-methyl/N-ethyl adjacent to an activating group) is 1. The summed E-state index contributed by atoms with van der Waals surface area (Å²) in [5.74, 6) is 0.305. The second kappa shape index (κ2) is 5.46. The molecular weight excluding hydrogens is 362 g/mol. The predicted molar refractivity (Wildman–Crippen MR) is 98.9 cm³/mol. The number of aliphatic hydroxyl groups is 2. The Labute approximate surface area is 162 Å². The quantitative estimate of drug-likeness (QED) is 0.512. The number of fused-ring (bicyclic) bond motifs is 1. The first-order valence-corrected chi connectivity index (χ1v) is 9.69. The van der Waals surface area contributed by atoms with Gasteiger partial charge in [-0.15, -0.1) is 0 Å². The van der Waals surface area contributed by atoms with Crippen LogP contribution in [0.25, 0.3) is 0 Å². The summed E-state index contributed by atoms with van der Waals surface area (Å²) in [7, 11) is 3.49. The molecule has 8 nitrogen and oxygen atoms in total. The van der Waals surface area contributed by atoms with Crippen LogP contribution < -0.4 is 15.4 Å². The lowest BCUT2D eigenvalue weighted by Gasteiger charge is -2.66. The van der Waals surface area contributed by atoms with Gasteiger partial charge < -0.3 is 20.3 Å². The molecule has 8 heteroatoms. The number of piperidine rings is 1. The molecular formula is C20H25N3O5. The highest BCUT2D eigenvalue weighted by Gasteiger charge is 2.70. The number of amides is 3. The molecule has 0 aromatic heterocycles. The highest BCUT2D eigenvalue weighted by molar-refractivity contribution is 6.07. The van der Waals surface area contributed by atoms with E-state index in [1.165, 1.54) is 0 Å². The van der Waals surface area contributed by atoms with Gasteiger partial charge in [-0.1, -0.05) is 6.07 Å². The van der Waals surface area contributed by atoms with E-state index >= 15 is 0 Å². The second-order valence-corrected chi connectivity index (χ2v) is 8.75. The van der Waals surface area contributed by atoms with E-state index in [-0.39, 0.29) is 5.91 Å². The van der Waals surface area contributed by atoms with Gasteiger partial charge >= 0.3 is 6.03 Å². The summed E-state index contributed by atoms with van der Waals surface area (Å²) in [6, 6.07) is 4.57.